The molecule has 21 heavy (non-hydrogen) atoms. The molecule has 1 saturated heterocycles. The number of benzene rings is 1. The van der Waals surface area contributed by atoms with Crippen molar-refractivity contribution in [3.63, 3.8) is 0 Å². The summed E-state index contributed by atoms with van der Waals surface area (Å²) in [7, 11) is 0. The molecule has 0 spiro atoms. The molecule has 0 aromatic heterocycles. The third-order valence-corrected chi connectivity index (χ3v) is 5.95. The van der Waals surface area contributed by atoms with E-state index in [4.69, 9.17) is 4.74 Å². The summed E-state index contributed by atoms with van der Waals surface area (Å²) in [5.41, 5.74) is 1.50. The van der Waals surface area contributed by atoms with Crippen molar-refractivity contribution in [2.24, 2.45) is 0 Å². The summed E-state index contributed by atoms with van der Waals surface area (Å²) < 4.78 is 17.5. The molecule has 1 fully saturated rings. The molecule has 0 N–H and O–H groups in total. The van der Waals surface area contributed by atoms with Crippen molar-refractivity contribution in [3.05, 3.63) is 27.8 Å². The first-order chi connectivity index (χ1) is 9.90. The molecular weight excluding hydrogens is 292 g/mol. The average Bonchev–Trinajstić information content (AvgIpc) is 2.68. The molecular formula is C14H18N2O4S. The van der Waals surface area contributed by atoms with Crippen molar-refractivity contribution in [3.8, 4) is 0 Å². The maximum Gasteiger partial charge on any atom is 0.293 e. The van der Waals surface area contributed by atoms with Gasteiger partial charge in [-0.15, -0.1) is 0 Å². The third kappa shape index (κ3) is 2.49. The van der Waals surface area contributed by atoms with Gasteiger partial charge in [0.2, 0.25) is 0 Å². The van der Waals surface area contributed by atoms with Crippen LogP contribution >= 0.6 is 0 Å². The summed E-state index contributed by atoms with van der Waals surface area (Å²) >= 11 is -1.12. The number of nitrogens with zero attached hydrogens (tertiary/aromatic N) is 2. The van der Waals surface area contributed by atoms with Gasteiger partial charge in [-0.05, 0) is 25.0 Å². The smallest absolute Gasteiger partial charge is 0.293 e. The molecule has 0 saturated carbocycles. The molecule has 2 aliphatic rings. The summed E-state index contributed by atoms with van der Waals surface area (Å²) in [5.74, 6) is 0. The summed E-state index contributed by atoms with van der Waals surface area (Å²) in [6.07, 6.45) is 0.610. The Hall–Kier alpha value is -1.31. The van der Waals surface area contributed by atoms with Crippen LogP contribution < -0.4 is 4.90 Å². The minimum Gasteiger partial charge on any atom is -0.611 e. The number of nitro groups is 1. The predicted molar refractivity (Wildman–Crippen MR) is 80.3 cm³/mol. The lowest BCUT2D eigenvalue weighted by atomic mass is 10.0. The van der Waals surface area contributed by atoms with Crippen LogP contribution in [0.5, 0.6) is 0 Å². The van der Waals surface area contributed by atoms with Crippen LogP contribution in [0.3, 0.4) is 0 Å². The van der Waals surface area contributed by atoms with E-state index >= 15 is 0 Å². The van der Waals surface area contributed by atoms with Crippen molar-refractivity contribution in [2.45, 2.75) is 29.9 Å². The lowest BCUT2D eigenvalue weighted by molar-refractivity contribution is -0.384. The molecule has 1 aromatic carbocycles. The van der Waals surface area contributed by atoms with Crippen LogP contribution in [0.1, 0.15) is 19.4 Å². The molecule has 1 unspecified atom stereocenters. The minimum atomic E-state index is -1.12. The highest BCUT2D eigenvalue weighted by atomic mass is 32.2. The van der Waals surface area contributed by atoms with Crippen LogP contribution in [-0.2, 0) is 22.3 Å². The van der Waals surface area contributed by atoms with Gasteiger partial charge in [-0.1, -0.05) is 0 Å². The van der Waals surface area contributed by atoms with Crippen LogP contribution in [0.15, 0.2) is 17.0 Å². The van der Waals surface area contributed by atoms with E-state index in [2.05, 4.69) is 0 Å². The first-order valence-electron chi connectivity index (χ1n) is 6.96. The molecule has 0 aliphatic carbocycles. The van der Waals surface area contributed by atoms with Gasteiger partial charge in [0.15, 0.2) is 4.90 Å². The summed E-state index contributed by atoms with van der Waals surface area (Å²) in [4.78, 5) is 13.7. The third-order valence-electron chi connectivity index (χ3n) is 4.02. The lowest BCUT2D eigenvalue weighted by Gasteiger charge is -2.28. The van der Waals surface area contributed by atoms with Crippen LogP contribution in [0.4, 0.5) is 11.4 Å². The second-order valence-corrected chi connectivity index (χ2v) is 8.09. The zero-order chi connectivity index (χ0) is 15.2. The van der Waals surface area contributed by atoms with Crippen LogP contribution in [-0.4, -0.2) is 40.5 Å². The second-order valence-electron chi connectivity index (χ2n) is 6.01. The van der Waals surface area contributed by atoms with E-state index in [9.17, 15) is 14.7 Å². The van der Waals surface area contributed by atoms with Gasteiger partial charge in [0, 0.05) is 37.2 Å². The highest BCUT2D eigenvalue weighted by molar-refractivity contribution is 7.93. The van der Waals surface area contributed by atoms with E-state index in [0.29, 0.717) is 38.4 Å². The Kier molecular flexibility index (Phi) is 3.59. The first-order valence-corrected chi connectivity index (χ1v) is 8.11. The van der Waals surface area contributed by atoms with Crippen molar-refractivity contribution in [1.29, 1.82) is 0 Å². The zero-order valence-corrected chi connectivity index (χ0v) is 12.9. The summed E-state index contributed by atoms with van der Waals surface area (Å²) in [6.45, 7) is 6.23. The average molecular weight is 310 g/mol. The number of anilines is 1. The highest BCUT2D eigenvalue weighted by Crippen LogP contribution is 2.44. The Morgan fingerprint density at radius 1 is 1.33 bits per heavy atom. The summed E-state index contributed by atoms with van der Waals surface area (Å²) in [5, 5.41) is 11.4. The van der Waals surface area contributed by atoms with Crippen molar-refractivity contribution < 1.29 is 14.2 Å². The van der Waals surface area contributed by atoms with Gasteiger partial charge in [-0.25, -0.2) is 0 Å². The molecule has 0 radical (unpaired) electrons. The quantitative estimate of drug-likeness (QED) is 0.473. The van der Waals surface area contributed by atoms with E-state index in [-0.39, 0.29) is 15.4 Å². The van der Waals surface area contributed by atoms with E-state index in [1.54, 1.807) is 12.1 Å². The van der Waals surface area contributed by atoms with Gasteiger partial charge in [-0.2, -0.15) is 0 Å². The molecule has 6 nitrogen and oxygen atoms in total. The number of ether oxygens (including phenoxy) is 1. The minimum absolute atomic E-state index is 0.102. The number of fused-ring (bicyclic) bond motifs is 1. The number of hydrogen-bond acceptors (Lipinski definition) is 5. The summed E-state index contributed by atoms with van der Waals surface area (Å²) in [6, 6.07) is 3.36. The van der Waals surface area contributed by atoms with Crippen molar-refractivity contribution >= 4 is 22.6 Å². The molecule has 0 bridgehead atoms. The van der Waals surface area contributed by atoms with Gasteiger partial charge in [0.25, 0.3) is 5.69 Å². The molecule has 1 atom stereocenters. The van der Waals surface area contributed by atoms with Crippen LogP contribution in [0.25, 0.3) is 0 Å². The van der Waals surface area contributed by atoms with E-state index in [1.807, 2.05) is 18.7 Å². The molecule has 3 rings (SSSR count). The fourth-order valence-corrected chi connectivity index (χ4v) is 4.41. The Morgan fingerprint density at radius 3 is 2.62 bits per heavy atom. The van der Waals surface area contributed by atoms with Gasteiger partial charge in [0.1, 0.15) is 10.4 Å². The van der Waals surface area contributed by atoms with Crippen LogP contribution in [0, 0.1) is 10.1 Å². The number of nitro benzene ring substituents is 1. The van der Waals surface area contributed by atoms with Crippen molar-refractivity contribution in [2.75, 3.05) is 31.2 Å². The van der Waals surface area contributed by atoms with E-state index in [0.717, 1.165) is 10.5 Å². The van der Waals surface area contributed by atoms with Crippen LogP contribution in [0.2, 0.25) is 0 Å². The lowest BCUT2D eigenvalue weighted by Crippen LogP contribution is -2.36. The SMILES string of the molecule is CC1(C)Cc2cc([N+](=O)[O-])c(N3CCOCC3)cc2[S+]1[O-]. The monoisotopic (exact) mass is 310 g/mol. The number of rotatable bonds is 2. The number of morpholine rings is 1. The largest absolute Gasteiger partial charge is 0.611 e. The van der Waals surface area contributed by atoms with E-state index < -0.39 is 11.2 Å². The molecule has 2 heterocycles. The second kappa shape index (κ2) is 5.15. The van der Waals surface area contributed by atoms with E-state index in [1.165, 1.54) is 0 Å². The molecule has 2 aliphatic heterocycles. The Bertz CT molecular complexity index is 585. The van der Waals surface area contributed by atoms with Gasteiger partial charge < -0.3 is 14.2 Å². The molecule has 1 aromatic rings. The van der Waals surface area contributed by atoms with Gasteiger partial charge >= 0.3 is 0 Å². The molecule has 0 amide bonds. The molecule has 114 valence electrons. The fourth-order valence-electron chi connectivity index (χ4n) is 2.94. The predicted octanol–water partition coefficient (Wildman–Crippen LogP) is 1.87. The Morgan fingerprint density at radius 2 is 2.00 bits per heavy atom. The maximum atomic E-state index is 12.5. The Labute approximate surface area is 126 Å². The maximum absolute atomic E-state index is 12.5. The topological polar surface area (TPSA) is 78.7 Å². The zero-order valence-electron chi connectivity index (χ0n) is 12.1. The van der Waals surface area contributed by atoms with Gasteiger partial charge in [0.05, 0.1) is 18.1 Å². The first kappa shape index (κ1) is 14.6. The number of hydrogen-bond donors (Lipinski definition) is 0. The normalized spacial score (nSPS) is 24.0. The molecule has 7 heteroatoms. The standard InChI is InChI=1S/C14H18N2O4S/c1-14(2)9-10-7-12(16(17)18)11(8-13(10)21(14)19)15-3-5-20-6-4-15/h7-8H,3-6,9H2,1-2H3. The fraction of sp³-hybridized carbons (Fsp3) is 0.571. The van der Waals surface area contributed by atoms with Gasteiger partial charge in [-0.3, -0.25) is 10.1 Å². The highest BCUT2D eigenvalue weighted by Gasteiger charge is 2.44. The van der Waals surface area contributed by atoms with Crippen molar-refractivity contribution in [1.82, 2.24) is 0 Å². The Balaban J connectivity index is 2.07.